The van der Waals surface area contributed by atoms with Crippen molar-refractivity contribution in [2.75, 3.05) is 6.61 Å². The molecule has 0 saturated carbocycles. The number of imide groups is 1. The molecule has 0 N–H and O–H groups in total. The van der Waals surface area contributed by atoms with Crippen LogP contribution in [0.4, 0.5) is 0 Å². The van der Waals surface area contributed by atoms with Crippen LogP contribution in [-0.4, -0.2) is 28.3 Å². The summed E-state index contributed by atoms with van der Waals surface area (Å²) in [6.45, 7) is 2.66. The first-order valence-corrected chi connectivity index (χ1v) is 9.47. The van der Waals surface area contributed by atoms with E-state index >= 15 is 0 Å². The van der Waals surface area contributed by atoms with Gasteiger partial charge in [0.15, 0.2) is 0 Å². The summed E-state index contributed by atoms with van der Waals surface area (Å²) in [7, 11) is 0. The zero-order valence-corrected chi connectivity index (χ0v) is 16.0. The number of rotatable bonds is 5. The van der Waals surface area contributed by atoms with Crippen LogP contribution in [0.25, 0.3) is 11.6 Å². The number of aromatic nitrogens is 1. The summed E-state index contributed by atoms with van der Waals surface area (Å²) in [5, 5.41) is 0. The monoisotopic (exact) mass is 384 g/mol. The first-order chi connectivity index (χ1) is 14.2. The van der Waals surface area contributed by atoms with Crippen LogP contribution in [0.15, 0.2) is 72.9 Å². The van der Waals surface area contributed by atoms with E-state index in [0.29, 0.717) is 29.0 Å². The minimum atomic E-state index is -0.326. The fraction of sp³-hybridized carbons (Fsp3) is 0.125. The third kappa shape index (κ3) is 3.80. The van der Waals surface area contributed by atoms with E-state index in [-0.39, 0.29) is 18.4 Å². The lowest BCUT2D eigenvalue weighted by atomic mass is 9.92. The highest BCUT2D eigenvalue weighted by Gasteiger charge is 2.34. The highest BCUT2D eigenvalue weighted by molar-refractivity contribution is 6.33. The van der Waals surface area contributed by atoms with E-state index in [2.05, 4.69) is 4.98 Å². The number of nitrogens with zero attached hydrogens (tertiary/aromatic N) is 2. The van der Waals surface area contributed by atoms with Gasteiger partial charge in [0.2, 0.25) is 0 Å². The Kier molecular flexibility index (Phi) is 5.20. The lowest BCUT2D eigenvalue weighted by molar-refractivity contribution is -0.123. The minimum Gasteiger partial charge on any atom is -0.494 e. The summed E-state index contributed by atoms with van der Waals surface area (Å²) in [5.74, 6) is 0.144. The molecule has 0 bridgehead atoms. The van der Waals surface area contributed by atoms with Crippen molar-refractivity contribution in [1.82, 2.24) is 9.88 Å². The average molecular weight is 384 g/mol. The van der Waals surface area contributed by atoms with Crippen molar-refractivity contribution in [1.29, 1.82) is 0 Å². The molecule has 4 rings (SSSR count). The second-order valence-corrected chi connectivity index (χ2v) is 6.62. The molecule has 5 heteroatoms. The van der Waals surface area contributed by atoms with Gasteiger partial charge in [0, 0.05) is 17.3 Å². The van der Waals surface area contributed by atoms with Crippen molar-refractivity contribution in [2.45, 2.75) is 13.5 Å². The maximum atomic E-state index is 13.3. The zero-order valence-electron chi connectivity index (χ0n) is 16.0. The van der Waals surface area contributed by atoms with Gasteiger partial charge in [-0.15, -0.1) is 0 Å². The van der Waals surface area contributed by atoms with Crippen molar-refractivity contribution >= 4 is 23.5 Å². The molecule has 5 nitrogen and oxygen atoms in total. The number of pyridine rings is 1. The van der Waals surface area contributed by atoms with Gasteiger partial charge in [-0.25, -0.2) is 0 Å². The molecule has 0 spiro atoms. The summed E-state index contributed by atoms with van der Waals surface area (Å²) < 4.78 is 5.48. The summed E-state index contributed by atoms with van der Waals surface area (Å²) in [6, 6.07) is 20.2. The number of amides is 2. The first kappa shape index (κ1) is 18.6. The van der Waals surface area contributed by atoms with Gasteiger partial charge in [0.25, 0.3) is 11.8 Å². The van der Waals surface area contributed by atoms with Gasteiger partial charge in [0.1, 0.15) is 5.75 Å². The van der Waals surface area contributed by atoms with Gasteiger partial charge in [-0.05, 0) is 54.5 Å². The van der Waals surface area contributed by atoms with E-state index in [0.717, 1.165) is 11.3 Å². The van der Waals surface area contributed by atoms with Crippen LogP contribution in [0, 0.1) is 0 Å². The molecule has 0 radical (unpaired) electrons. The van der Waals surface area contributed by atoms with Crippen LogP contribution in [0.2, 0.25) is 0 Å². The van der Waals surface area contributed by atoms with E-state index in [4.69, 9.17) is 4.74 Å². The van der Waals surface area contributed by atoms with E-state index in [1.807, 2.05) is 55.5 Å². The quantitative estimate of drug-likeness (QED) is 0.489. The van der Waals surface area contributed by atoms with Crippen LogP contribution in [-0.2, 0) is 11.3 Å². The van der Waals surface area contributed by atoms with Gasteiger partial charge in [-0.3, -0.25) is 19.5 Å². The second-order valence-electron chi connectivity index (χ2n) is 6.62. The van der Waals surface area contributed by atoms with Gasteiger partial charge in [-0.1, -0.05) is 36.4 Å². The van der Waals surface area contributed by atoms with Crippen molar-refractivity contribution in [3.05, 3.63) is 95.3 Å². The molecule has 1 aliphatic heterocycles. The summed E-state index contributed by atoms with van der Waals surface area (Å²) in [5.41, 5.74) is 3.17. The molecule has 2 heterocycles. The Labute approximate surface area is 169 Å². The van der Waals surface area contributed by atoms with Gasteiger partial charge in [0.05, 0.1) is 18.8 Å². The molecular weight excluding hydrogens is 364 g/mol. The Morgan fingerprint density at radius 3 is 2.31 bits per heavy atom. The minimum absolute atomic E-state index is 0.132. The van der Waals surface area contributed by atoms with Crippen molar-refractivity contribution in [3.63, 3.8) is 0 Å². The SMILES string of the molecule is CCOc1ccc(/C=C2\C(=O)N(Cc3ccccn3)C(=O)c3ccccc32)cc1. The Balaban J connectivity index is 1.74. The number of hydrogen-bond acceptors (Lipinski definition) is 4. The number of benzene rings is 2. The van der Waals surface area contributed by atoms with Crippen LogP contribution in [0.3, 0.4) is 0 Å². The fourth-order valence-corrected chi connectivity index (χ4v) is 3.33. The predicted octanol–water partition coefficient (Wildman–Crippen LogP) is 4.20. The predicted molar refractivity (Wildman–Crippen MR) is 111 cm³/mol. The standard InChI is InChI=1S/C24H20N2O3/c1-2-29-19-12-10-17(11-13-19)15-22-20-8-3-4-9-21(20)23(27)26(24(22)28)16-18-7-5-6-14-25-18/h3-15H,2,16H2,1H3/b22-15-. The highest BCUT2D eigenvalue weighted by Crippen LogP contribution is 2.31. The molecule has 0 saturated heterocycles. The normalized spacial score (nSPS) is 14.8. The molecule has 3 aromatic rings. The number of hydrogen-bond donors (Lipinski definition) is 0. The number of fused-ring (bicyclic) bond motifs is 1. The number of carbonyl (C=O) groups excluding carboxylic acids is 2. The van der Waals surface area contributed by atoms with Gasteiger partial charge >= 0.3 is 0 Å². The zero-order chi connectivity index (χ0) is 20.2. The fourth-order valence-electron chi connectivity index (χ4n) is 3.33. The van der Waals surface area contributed by atoms with Crippen LogP contribution < -0.4 is 4.74 Å². The first-order valence-electron chi connectivity index (χ1n) is 9.47. The van der Waals surface area contributed by atoms with Crippen LogP contribution in [0.5, 0.6) is 5.75 Å². The molecule has 1 aromatic heterocycles. The van der Waals surface area contributed by atoms with Gasteiger partial charge < -0.3 is 4.74 Å². The van der Waals surface area contributed by atoms with Crippen LogP contribution in [0.1, 0.15) is 34.1 Å². The molecule has 2 amide bonds. The average Bonchev–Trinajstić information content (AvgIpc) is 2.76. The van der Waals surface area contributed by atoms with Crippen LogP contribution >= 0.6 is 0 Å². The van der Waals surface area contributed by atoms with E-state index < -0.39 is 0 Å². The molecule has 29 heavy (non-hydrogen) atoms. The Bertz CT molecular complexity index is 1070. The number of ether oxygens (including phenoxy) is 1. The third-order valence-corrected chi connectivity index (χ3v) is 4.72. The maximum absolute atomic E-state index is 13.3. The molecule has 1 aliphatic rings. The Hall–Kier alpha value is -3.73. The molecule has 144 valence electrons. The second kappa shape index (κ2) is 8.10. The largest absolute Gasteiger partial charge is 0.494 e. The van der Waals surface area contributed by atoms with Crippen molar-refractivity contribution < 1.29 is 14.3 Å². The summed E-state index contributed by atoms with van der Waals surface area (Å²) in [6.07, 6.45) is 3.47. The molecule has 0 unspecified atom stereocenters. The van der Waals surface area contributed by atoms with Crippen molar-refractivity contribution in [2.24, 2.45) is 0 Å². The molecule has 0 aliphatic carbocycles. The molecular formula is C24H20N2O3. The summed E-state index contributed by atoms with van der Waals surface area (Å²) >= 11 is 0. The molecule has 0 fully saturated rings. The van der Waals surface area contributed by atoms with Crippen molar-refractivity contribution in [3.8, 4) is 5.75 Å². The molecule has 2 aromatic carbocycles. The molecule has 0 atom stereocenters. The smallest absolute Gasteiger partial charge is 0.261 e. The van der Waals surface area contributed by atoms with E-state index in [1.165, 1.54) is 4.90 Å². The summed E-state index contributed by atoms with van der Waals surface area (Å²) in [4.78, 5) is 31.8. The lowest BCUT2D eigenvalue weighted by Gasteiger charge is -2.28. The highest BCUT2D eigenvalue weighted by atomic mass is 16.5. The Morgan fingerprint density at radius 2 is 1.62 bits per heavy atom. The topological polar surface area (TPSA) is 59.5 Å². The van der Waals surface area contributed by atoms with E-state index in [9.17, 15) is 9.59 Å². The third-order valence-electron chi connectivity index (χ3n) is 4.72. The Morgan fingerprint density at radius 1 is 0.897 bits per heavy atom. The number of carbonyl (C=O) groups is 2. The van der Waals surface area contributed by atoms with E-state index in [1.54, 1.807) is 30.5 Å². The maximum Gasteiger partial charge on any atom is 0.261 e. The van der Waals surface area contributed by atoms with Gasteiger partial charge in [-0.2, -0.15) is 0 Å². The lowest BCUT2D eigenvalue weighted by Crippen LogP contribution is -2.41.